The van der Waals surface area contributed by atoms with Gasteiger partial charge in [0.15, 0.2) is 0 Å². The molecule has 23 heavy (non-hydrogen) atoms. The Morgan fingerprint density at radius 3 is 2.30 bits per heavy atom. The minimum atomic E-state index is -0.712. The van der Waals surface area contributed by atoms with Crippen molar-refractivity contribution in [1.82, 2.24) is 10.6 Å². The predicted octanol–water partition coefficient (Wildman–Crippen LogP) is 3.42. The van der Waals surface area contributed by atoms with Crippen molar-refractivity contribution in [3.05, 3.63) is 69.0 Å². The zero-order valence-corrected chi connectivity index (χ0v) is 13.6. The number of rotatable bonds is 4. The zero-order valence-electron chi connectivity index (χ0n) is 12.1. The van der Waals surface area contributed by atoms with Crippen LogP contribution in [0.2, 0.25) is 10.0 Å². The molecule has 0 aromatic heterocycles. The molecule has 0 saturated carbocycles. The lowest BCUT2D eigenvalue weighted by Gasteiger charge is -2.08. The highest BCUT2D eigenvalue weighted by molar-refractivity contribution is 6.36. The van der Waals surface area contributed by atoms with Crippen LogP contribution in [0.1, 0.15) is 26.3 Å². The standard InChI is InChI=1S/C16H13Cl2FN2O2/c1-20-15(22)10-4-2-9(3-5-10)8-21-16(23)11-6-14(19)13(18)7-12(11)17/h2-7H,8H2,1H3,(H,20,22)(H,21,23). The van der Waals surface area contributed by atoms with Crippen LogP contribution in [0.25, 0.3) is 0 Å². The number of carbonyl (C=O) groups excluding carboxylic acids is 2. The second-order valence-corrected chi connectivity index (χ2v) is 5.52. The van der Waals surface area contributed by atoms with Crippen LogP contribution in [-0.4, -0.2) is 18.9 Å². The second-order valence-electron chi connectivity index (χ2n) is 4.70. The monoisotopic (exact) mass is 354 g/mol. The Morgan fingerprint density at radius 2 is 1.70 bits per heavy atom. The van der Waals surface area contributed by atoms with Gasteiger partial charge in [0.05, 0.1) is 15.6 Å². The number of benzene rings is 2. The molecule has 2 aromatic rings. The summed E-state index contributed by atoms with van der Waals surface area (Å²) in [4.78, 5) is 23.5. The Morgan fingerprint density at radius 1 is 1.04 bits per heavy atom. The lowest BCUT2D eigenvalue weighted by molar-refractivity contribution is 0.0945. The third-order valence-corrected chi connectivity index (χ3v) is 3.75. The van der Waals surface area contributed by atoms with Crippen molar-refractivity contribution < 1.29 is 14.0 Å². The molecule has 0 bridgehead atoms. The maximum absolute atomic E-state index is 13.4. The second kappa shape index (κ2) is 7.44. The fourth-order valence-corrected chi connectivity index (χ4v) is 2.36. The molecule has 7 heteroatoms. The van der Waals surface area contributed by atoms with Crippen LogP contribution >= 0.6 is 23.2 Å². The molecule has 4 nitrogen and oxygen atoms in total. The molecule has 2 N–H and O–H groups in total. The lowest BCUT2D eigenvalue weighted by atomic mass is 10.1. The van der Waals surface area contributed by atoms with Gasteiger partial charge in [-0.1, -0.05) is 35.3 Å². The molecule has 2 aromatic carbocycles. The Bertz CT molecular complexity index is 748. The van der Waals surface area contributed by atoms with Gasteiger partial charge in [0.2, 0.25) is 0 Å². The molecule has 0 fully saturated rings. The van der Waals surface area contributed by atoms with Crippen LogP contribution in [-0.2, 0) is 6.54 Å². The third kappa shape index (κ3) is 4.21. The topological polar surface area (TPSA) is 58.2 Å². The first kappa shape index (κ1) is 17.2. The zero-order chi connectivity index (χ0) is 17.0. The van der Waals surface area contributed by atoms with E-state index in [9.17, 15) is 14.0 Å². The van der Waals surface area contributed by atoms with E-state index in [1.54, 1.807) is 31.3 Å². The molecule has 0 atom stereocenters. The van der Waals surface area contributed by atoms with Crippen molar-refractivity contribution in [2.75, 3.05) is 7.05 Å². The lowest BCUT2D eigenvalue weighted by Crippen LogP contribution is -2.23. The number of hydrogen-bond acceptors (Lipinski definition) is 2. The summed E-state index contributed by atoms with van der Waals surface area (Å²) in [5, 5.41) is 5.08. The molecule has 0 aliphatic rings. The van der Waals surface area contributed by atoms with Crippen LogP contribution in [0, 0.1) is 5.82 Å². The van der Waals surface area contributed by atoms with Gasteiger partial charge in [0, 0.05) is 19.2 Å². The smallest absolute Gasteiger partial charge is 0.253 e. The van der Waals surface area contributed by atoms with Gasteiger partial charge >= 0.3 is 0 Å². The number of nitrogens with one attached hydrogen (secondary N) is 2. The van der Waals surface area contributed by atoms with Gasteiger partial charge in [0.25, 0.3) is 11.8 Å². The maximum Gasteiger partial charge on any atom is 0.253 e. The first-order valence-electron chi connectivity index (χ1n) is 6.66. The van der Waals surface area contributed by atoms with Crippen LogP contribution < -0.4 is 10.6 Å². The van der Waals surface area contributed by atoms with Crippen molar-refractivity contribution in [2.24, 2.45) is 0 Å². The highest BCUT2D eigenvalue weighted by Gasteiger charge is 2.14. The van der Waals surface area contributed by atoms with E-state index in [1.807, 2.05) is 0 Å². The van der Waals surface area contributed by atoms with Crippen LogP contribution in [0.3, 0.4) is 0 Å². The van der Waals surface area contributed by atoms with Gasteiger partial charge in [0.1, 0.15) is 5.82 Å². The summed E-state index contributed by atoms with van der Waals surface area (Å²) in [5.74, 6) is -1.42. The van der Waals surface area contributed by atoms with Crippen molar-refractivity contribution in [1.29, 1.82) is 0 Å². The molecule has 2 rings (SSSR count). The van der Waals surface area contributed by atoms with Crippen LogP contribution in [0.4, 0.5) is 4.39 Å². The molecule has 0 spiro atoms. The van der Waals surface area contributed by atoms with Gasteiger partial charge in [-0.25, -0.2) is 4.39 Å². The summed E-state index contributed by atoms with van der Waals surface area (Å²) in [7, 11) is 1.55. The predicted molar refractivity (Wildman–Crippen MR) is 87.4 cm³/mol. The van der Waals surface area contributed by atoms with Gasteiger partial charge in [-0.05, 0) is 29.8 Å². The minimum Gasteiger partial charge on any atom is -0.355 e. The highest BCUT2D eigenvalue weighted by Crippen LogP contribution is 2.24. The summed E-state index contributed by atoms with van der Waals surface area (Å²) in [5.41, 5.74) is 1.32. The molecule has 120 valence electrons. The summed E-state index contributed by atoms with van der Waals surface area (Å²) < 4.78 is 13.4. The molecule has 2 amide bonds. The molecular weight excluding hydrogens is 342 g/mol. The summed E-state index contributed by atoms with van der Waals surface area (Å²) in [6.07, 6.45) is 0. The normalized spacial score (nSPS) is 10.3. The van der Waals surface area contributed by atoms with Gasteiger partial charge in [-0.2, -0.15) is 0 Å². The Balaban J connectivity index is 2.05. The number of carbonyl (C=O) groups is 2. The third-order valence-electron chi connectivity index (χ3n) is 3.15. The molecular formula is C16H13Cl2FN2O2. The van der Waals surface area contributed by atoms with E-state index in [-0.39, 0.29) is 28.1 Å². The number of halogens is 3. The van der Waals surface area contributed by atoms with E-state index in [1.165, 1.54) is 6.07 Å². The van der Waals surface area contributed by atoms with Crippen LogP contribution in [0.5, 0.6) is 0 Å². The summed E-state index contributed by atoms with van der Waals surface area (Å²) >= 11 is 11.5. The molecule has 0 radical (unpaired) electrons. The molecule has 0 aliphatic heterocycles. The minimum absolute atomic E-state index is 0.00977. The summed E-state index contributed by atoms with van der Waals surface area (Å²) in [6.45, 7) is 0.216. The molecule has 0 saturated heterocycles. The van der Waals surface area contributed by atoms with E-state index in [4.69, 9.17) is 23.2 Å². The SMILES string of the molecule is CNC(=O)c1ccc(CNC(=O)c2cc(F)c(Cl)cc2Cl)cc1. The fourth-order valence-electron chi connectivity index (χ4n) is 1.89. The molecule has 0 aliphatic carbocycles. The van der Waals surface area contributed by atoms with E-state index in [2.05, 4.69) is 10.6 Å². The van der Waals surface area contributed by atoms with E-state index in [0.29, 0.717) is 5.56 Å². The Kier molecular flexibility index (Phi) is 5.58. The average molecular weight is 355 g/mol. The highest BCUT2D eigenvalue weighted by atomic mass is 35.5. The largest absolute Gasteiger partial charge is 0.355 e. The quantitative estimate of drug-likeness (QED) is 0.826. The summed E-state index contributed by atoms with van der Waals surface area (Å²) in [6, 6.07) is 8.91. The Labute approximate surface area is 142 Å². The van der Waals surface area contributed by atoms with Crippen molar-refractivity contribution in [3.8, 4) is 0 Å². The van der Waals surface area contributed by atoms with Crippen molar-refractivity contribution >= 4 is 35.0 Å². The fraction of sp³-hybridized carbons (Fsp3) is 0.125. The van der Waals surface area contributed by atoms with E-state index < -0.39 is 11.7 Å². The van der Waals surface area contributed by atoms with E-state index in [0.717, 1.165) is 11.6 Å². The molecule has 0 heterocycles. The van der Waals surface area contributed by atoms with Crippen molar-refractivity contribution in [3.63, 3.8) is 0 Å². The Hall–Kier alpha value is -2.11. The van der Waals surface area contributed by atoms with Crippen molar-refractivity contribution in [2.45, 2.75) is 6.54 Å². The first-order chi connectivity index (χ1) is 10.9. The average Bonchev–Trinajstić information content (AvgIpc) is 2.55. The maximum atomic E-state index is 13.4. The van der Waals surface area contributed by atoms with Gasteiger partial charge in [-0.15, -0.1) is 0 Å². The first-order valence-corrected chi connectivity index (χ1v) is 7.41. The van der Waals surface area contributed by atoms with E-state index >= 15 is 0 Å². The number of amides is 2. The molecule has 0 unspecified atom stereocenters. The van der Waals surface area contributed by atoms with Crippen LogP contribution in [0.15, 0.2) is 36.4 Å². The van der Waals surface area contributed by atoms with Gasteiger partial charge < -0.3 is 10.6 Å². The number of hydrogen-bond donors (Lipinski definition) is 2. The van der Waals surface area contributed by atoms with Gasteiger partial charge in [-0.3, -0.25) is 9.59 Å².